The van der Waals surface area contributed by atoms with Gasteiger partial charge < -0.3 is 10.0 Å². The second-order valence-corrected chi connectivity index (χ2v) is 5.34. The molecule has 19 heavy (non-hydrogen) atoms. The number of nitrogens with one attached hydrogen (secondary N) is 1. The van der Waals surface area contributed by atoms with Crippen molar-refractivity contribution < 1.29 is 19.5 Å². The lowest BCUT2D eigenvalue weighted by Crippen LogP contribution is -2.46. The molecule has 0 spiro atoms. The first-order valence-electron chi connectivity index (χ1n) is 6.90. The van der Waals surface area contributed by atoms with Crippen molar-refractivity contribution in [2.24, 2.45) is 5.92 Å². The van der Waals surface area contributed by atoms with Gasteiger partial charge >= 0.3 is 12.0 Å². The Hall–Kier alpha value is -1.59. The van der Waals surface area contributed by atoms with Gasteiger partial charge in [0.1, 0.15) is 0 Å². The molecule has 0 radical (unpaired) electrons. The van der Waals surface area contributed by atoms with Crippen LogP contribution in [0.5, 0.6) is 0 Å². The summed E-state index contributed by atoms with van der Waals surface area (Å²) in [6.07, 6.45) is 5.17. The van der Waals surface area contributed by atoms with Gasteiger partial charge in [-0.25, -0.2) is 4.79 Å². The fourth-order valence-electron chi connectivity index (χ4n) is 3.13. The number of carboxylic acid groups (broad SMARTS) is 1. The quantitative estimate of drug-likeness (QED) is 0.809. The fourth-order valence-corrected chi connectivity index (χ4v) is 3.13. The minimum Gasteiger partial charge on any atom is -0.481 e. The Bertz CT molecular complexity index is 383. The molecule has 0 aromatic carbocycles. The molecule has 106 valence electrons. The number of carboxylic acids is 1. The third-order valence-electron chi connectivity index (χ3n) is 4.08. The summed E-state index contributed by atoms with van der Waals surface area (Å²) >= 11 is 0. The lowest BCUT2D eigenvalue weighted by atomic mass is 9.85. The molecule has 2 fully saturated rings. The molecule has 2 aliphatic rings. The number of carbonyl (C=O) groups excluding carboxylic acids is 2. The highest BCUT2D eigenvalue weighted by Gasteiger charge is 2.38. The number of carbonyl (C=O) groups is 3. The summed E-state index contributed by atoms with van der Waals surface area (Å²) in [4.78, 5) is 35.6. The molecule has 1 aliphatic heterocycles. The average molecular weight is 268 g/mol. The van der Waals surface area contributed by atoms with E-state index in [1.165, 1.54) is 12.8 Å². The summed E-state index contributed by atoms with van der Waals surface area (Å²) in [6.45, 7) is 0.702. The van der Waals surface area contributed by atoms with Crippen LogP contribution in [0.25, 0.3) is 0 Å². The van der Waals surface area contributed by atoms with Crippen LogP contribution in [0, 0.1) is 5.92 Å². The van der Waals surface area contributed by atoms with Gasteiger partial charge in [0.05, 0.1) is 6.42 Å². The molecule has 2 N–H and O–H groups in total. The normalized spacial score (nSPS) is 25.8. The topological polar surface area (TPSA) is 86.7 Å². The number of fused-ring (bicyclic) bond motifs is 1. The first kappa shape index (κ1) is 13.8. The second kappa shape index (κ2) is 6.04. The largest absolute Gasteiger partial charge is 0.481 e. The van der Waals surface area contributed by atoms with E-state index >= 15 is 0 Å². The van der Waals surface area contributed by atoms with Gasteiger partial charge in [0, 0.05) is 19.0 Å². The highest BCUT2D eigenvalue weighted by molar-refractivity contribution is 5.95. The summed E-state index contributed by atoms with van der Waals surface area (Å²) in [5, 5.41) is 10.8. The molecule has 1 saturated heterocycles. The van der Waals surface area contributed by atoms with E-state index in [1.54, 1.807) is 4.90 Å². The molecule has 3 amide bonds. The molecule has 2 rings (SSSR count). The summed E-state index contributed by atoms with van der Waals surface area (Å²) < 4.78 is 0. The van der Waals surface area contributed by atoms with E-state index in [9.17, 15) is 14.4 Å². The SMILES string of the molecule is O=C(O)CCC(=O)NC(=O)N1CCC2CCCCC21. The summed E-state index contributed by atoms with van der Waals surface area (Å²) in [5.74, 6) is -0.962. The Labute approximate surface area is 112 Å². The Morgan fingerprint density at radius 3 is 2.58 bits per heavy atom. The Balaban J connectivity index is 1.83. The Kier molecular flexibility index (Phi) is 4.39. The highest BCUT2D eigenvalue weighted by atomic mass is 16.4. The van der Waals surface area contributed by atoms with Crippen molar-refractivity contribution in [2.75, 3.05) is 6.54 Å². The number of rotatable bonds is 3. The maximum Gasteiger partial charge on any atom is 0.324 e. The maximum atomic E-state index is 12.0. The predicted molar refractivity (Wildman–Crippen MR) is 67.5 cm³/mol. The summed E-state index contributed by atoms with van der Waals surface area (Å²) in [6, 6.07) is -0.0918. The third kappa shape index (κ3) is 3.45. The molecule has 6 heteroatoms. The smallest absolute Gasteiger partial charge is 0.324 e. The van der Waals surface area contributed by atoms with Gasteiger partial charge in [-0.3, -0.25) is 14.9 Å². The van der Waals surface area contributed by atoms with Crippen molar-refractivity contribution in [3.63, 3.8) is 0 Å². The number of amides is 3. The number of nitrogens with zero attached hydrogens (tertiary/aromatic N) is 1. The molecular formula is C13H20N2O4. The molecule has 1 heterocycles. The molecule has 1 saturated carbocycles. The molecule has 0 bridgehead atoms. The van der Waals surface area contributed by atoms with Crippen molar-refractivity contribution in [1.29, 1.82) is 0 Å². The summed E-state index contributed by atoms with van der Waals surface area (Å²) in [5.41, 5.74) is 0. The zero-order valence-corrected chi connectivity index (χ0v) is 10.9. The van der Waals surface area contributed by atoms with E-state index in [-0.39, 0.29) is 24.9 Å². The third-order valence-corrected chi connectivity index (χ3v) is 4.08. The minimum atomic E-state index is -1.03. The van der Waals surface area contributed by atoms with Gasteiger partial charge in [-0.1, -0.05) is 12.8 Å². The van der Waals surface area contributed by atoms with E-state index in [0.717, 1.165) is 19.3 Å². The van der Waals surface area contributed by atoms with E-state index in [4.69, 9.17) is 5.11 Å². The second-order valence-electron chi connectivity index (χ2n) is 5.34. The molecular weight excluding hydrogens is 248 g/mol. The van der Waals surface area contributed by atoms with Crippen molar-refractivity contribution in [2.45, 2.75) is 51.0 Å². The van der Waals surface area contributed by atoms with Gasteiger partial charge in [0.2, 0.25) is 5.91 Å². The van der Waals surface area contributed by atoms with E-state index in [2.05, 4.69) is 5.32 Å². The van der Waals surface area contributed by atoms with Crippen LogP contribution in [-0.4, -0.2) is 40.5 Å². The number of aliphatic carboxylic acids is 1. The molecule has 6 nitrogen and oxygen atoms in total. The van der Waals surface area contributed by atoms with E-state index in [0.29, 0.717) is 12.5 Å². The molecule has 2 unspecified atom stereocenters. The van der Waals surface area contributed by atoms with Crippen LogP contribution in [0.15, 0.2) is 0 Å². The van der Waals surface area contributed by atoms with Crippen LogP contribution < -0.4 is 5.32 Å². The van der Waals surface area contributed by atoms with Crippen molar-refractivity contribution in [1.82, 2.24) is 10.2 Å². The number of likely N-dealkylation sites (tertiary alicyclic amines) is 1. The number of hydrogen-bond donors (Lipinski definition) is 2. The van der Waals surface area contributed by atoms with Crippen LogP contribution in [0.1, 0.15) is 44.9 Å². The number of imide groups is 1. The minimum absolute atomic E-state index is 0.150. The highest BCUT2D eigenvalue weighted by Crippen LogP contribution is 2.35. The number of hydrogen-bond acceptors (Lipinski definition) is 3. The maximum absolute atomic E-state index is 12.0. The Morgan fingerprint density at radius 2 is 1.84 bits per heavy atom. The zero-order chi connectivity index (χ0) is 13.8. The van der Waals surface area contributed by atoms with Gasteiger partial charge in [-0.05, 0) is 25.2 Å². The monoisotopic (exact) mass is 268 g/mol. The van der Waals surface area contributed by atoms with Crippen LogP contribution in [-0.2, 0) is 9.59 Å². The lowest BCUT2D eigenvalue weighted by molar-refractivity contribution is -0.138. The standard InChI is InChI=1S/C13H20N2O4/c16-11(5-6-12(17)18)14-13(19)15-8-7-9-3-1-2-4-10(9)15/h9-10H,1-8H2,(H,17,18)(H,14,16,19). The van der Waals surface area contributed by atoms with Gasteiger partial charge in [-0.15, -0.1) is 0 Å². The van der Waals surface area contributed by atoms with E-state index < -0.39 is 11.9 Å². The van der Waals surface area contributed by atoms with Gasteiger partial charge in [0.15, 0.2) is 0 Å². The fraction of sp³-hybridized carbons (Fsp3) is 0.769. The van der Waals surface area contributed by atoms with Crippen LogP contribution >= 0.6 is 0 Å². The zero-order valence-electron chi connectivity index (χ0n) is 10.9. The first-order valence-corrected chi connectivity index (χ1v) is 6.90. The van der Waals surface area contributed by atoms with Crippen LogP contribution in [0.3, 0.4) is 0 Å². The lowest BCUT2D eigenvalue weighted by Gasteiger charge is -2.31. The predicted octanol–water partition coefficient (Wildman–Crippen LogP) is 1.35. The molecule has 2 atom stereocenters. The van der Waals surface area contributed by atoms with E-state index in [1.807, 2.05) is 0 Å². The van der Waals surface area contributed by atoms with Crippen molar-refractivity contribution in [3.05, 3.63) is 0 Å². The van der Waals surface area contributed by atoms with Gasteiger partial charge in [-0.2, -0.15) is 0 Å². The first-order chi connectivity index (χ1) is 9.08. The van der Waals surface area contributed by atoms with Crippen LogP contribution in [0.2, 0.25) is 0 Å². The Morgan fingerprint density at radius 1 is 1.11 bits per heavy atom. The molecule has 1 aliphatic carbocycles. The average Bonchev–Trinajstić information content (AvgIpc) is 2.80. The summed E-state index contributed by atoms with van der Waals surface area (Å²) in [7, 11) is 0. The van der Waals surface area contributed by atoms with Gasteiger partial charge in [0.25, 0.3) is 0 Å². The number of urea groups is 1. The van der Waals surface area contributed by atoms with Crippen molar-refractivity contribution >= 4 is 17.9 Å². The molecule has 0 aromatic rings. The van der Waals surface area contributed by atoms with Crippen LogP contribution in [0.4, 0.5) is 4.79 Å². The molecule has 0 aromatic heterocycles. The van der Waals surface area contributed by atoms with Crippen molar-refractivity contribution in [3.8, 4) is 0 Å².